The second-order valence-corrected chi connectivity index (χ2v) is 5.79. The molecule has 3 N–H and O–H groups in total. The molecule has 1 aliphatic heterocycles. The minimum absolute atomic E-state index is 0.00623. The van der Waals surface area contributed by atoms with Crippen LogP contribution in [0.4, 0.5) is 0 Å². The van der Waals surface area contributed by atoms with Gasteiger partial charge >= 0.3 is 0 Å². The molecule has 1 aromatic carbocycles. The summed E-state index contributed by atoms with van der Waals surface area (Å²) in [5.74, 6) is -0.726. The molecule has 6 heteroatoms. The van der Waals surface area contributed by atoms with E-state index in [9.17, 15) is 14.4 Å². The summed E-state index contributed by atoms with van der Waals surface area (Å²) in [4.78, 5) is 39.2. The summed E-state index contributed by atoms with van der Waals surface area (Å²) < 4.78 is 0. The van der Waals surface area contributed by atoms with Crippen molar-refractivity contribution < 1.29 is 9.59 Å². The third-order valence-corrected chi connectivity index (χ3v) is 4.08. The first-order valence-corrected chi connectivity index (χ1v) is 8.02. The molecule has 1 aromatic heterocycles. The van der Waals surface area contributed by atoms with Crippen molar-refractivity contribution in [3.63, 3.8) is 0 Å². The molecule has 0 saturated carbocycles. The zero-order chi connectivity index (χ0) is 16.9. The summed E-state index contributed by atoms with van der Waals surface area (Å²) in [7, 11) is 0. The Morgan fingerprint density at radius 2 is 1.83 bits per heavy atom. The average molecular weight is 325 g/mol. The van der Waals surface area contributed by atoms with Crippen molar-refractivity contribution >= 4 is 11.8 Å². The molecule has 2 heterocycles. The molecule has 0 bridgehead atoms. The van der Waals surface area contributed by atoms with E-state index in [1.54, 1.807) is 6.07 Å². The van der Waals surface area contributed by atoms with Crippen LogP contribution in [0.5, 0.6) is 0 Å². The van der Waals surface area contributed by atoms with Crippen LogP contribution in [0, 0.1) is 0 Å². The van der Waals surface area contributed by atoms with Crippen molar-refractivity contribution in [3.8, 4) is 11.3 Å². The zero-order valence-corrected chi connectivity index (χ0v) is 13.2. The molecule has 2 amide bonds. The van der Waals surface area contributed by atoms with Crippen molar-refractivity contribution in [3.05, 3.63) is 58.4 Å². The van der Waals surface area contributed by atoms with Gasteiger partial charge in [0.05, 0.1) is 0 Å². The van der Waals surface area contributed by atoms with Crippen molar-refractivity contribution in [1.29, 1.82) is 0 Å². The quantitative estimate of drug-likeness (QED) is 0.797. The molecule has 0 spiro atoms. The SMILES string of the molecule is O=C(N[C@@H]1CCCCNC1=O)c1ccc(-c2ccccc2)[nH]c1=O. The molecule has 0 aliphatic carbocycles. The Morgan fingerprint density at radius 1 is 1.04 bits per heavy atom. The molecule has 124 valence electrons. The largest absolute Gasteiger partial charge is 0.354 e. The minimum atomic E-state index is -0.590. The van der Waals surface area contributed by atoms with E-state index in [0.29, 0.717) is 18.7 Å². The van der Waals surface area contributed by atoms with Crippen LogP contribution in [0.15, 0.2) is 47.3 Å². The number of aromatic amines is 1. The van der Waals surface area contributed by atoms with Crippen LogP contribution < -0.4 is 16.2 Å². The molecule has 1 saturated heterocycles. The van der Waals surface area contributed by atoms with E-state index < -0.39 is 17.5 Å². The first-order valence-electron chi connectivity index (χ1n) is 8.02. The predicted octanol–water partition coefficient (Wildman–Crippen LogP) is 1.44. The maximum absolute atomic E-state index is 12.3. The van der Waals surface area contributed by atoms with E-state index in [1.807, 2.05) is 30.3 Å². The van der Waals surface area contributed by atoms with Gasteiger partial charge in [-0.2, -0.15) is 0 Å². The van der Waals surface area contributed by atoms with Crippen LogP contribution in [-0.4, -0.2) is 29.4 Å². The number of aromatic nitrogens is 1. The van der Waals surface area contributed by atoms with Crippen LogP contribution in [0.3, 0.4) is 0 Å². The summed E-state index contributed by atoms with van der Waals surface area (Å²) in [6.45, 7) is 0.623. The van der Waals surface area contributed by atoms with Crippen LogP contribution in [0.25, 0.3) is 11.3 Å². The highest BCUT2D eigenvalue weighted by molar-refractivity contribution is 5.97. The zero-order valence-electron chi connectivity index (χ0n) is 13.2. The summed E-state index contributed by atoms with van der Waals surface area (Å²) in [6.07, 6.45) is 2.33. The number of hydrogen-bond acceptors (Lipinski definition) is 3. The summed E-state index contributed by atoms with van der Waals surface area (Å²) >= 11 is 0. The lowest BCUT2D eigenvalue weighted by Gasteiger charge is -2.15. The number of carbonyl (C=O) groups excluding carboxylic acids is 2. The van der Waals surface area contributed by atoms with Gasteiger partial charge in [-0.3, -0.25) is 14.4 Å². The number of hydrogen-bond donors (Lipinski definition) is 3. The molecule has 0 unspecified atom stereocenters. The summed E-state index contributed by atoms with van der Waals surface area (Å²) in [5.41, 5.74) is 1.05. The lowest BCUT2D eigenvalue weighted by atomic mass is 10.1. The predicted molar refractivity (Wildman–Crippen MR) is 90.6 cm³/mol. The van der Waals surface area contributed by atoms with Gasteiger partial charge in [-0.05, 0) is 37.0 Å². The fourth-order valence-electron chi connectivity index (χ4n) is 2.75. The van der Waals surface area contributed by atoms with Crippen LogP contribution >= 0.6 is 0 Å². The van der Waals surface area contributed by atoms with Gasteiger partial charge in [0.2, 0.25) is 5.91 Å². The van der Waals surface area contributed by atoms with E-state index in [4.69, 9.17) is 0 Å². The third-order valence-electron chi connectivity index (χ3n) is 4.08. The second-order valence-electron chi connectivity index (χ2n) is 5.79. The molecule has 1 aliphatic rings. The standard InChI is InChI=1S/C18H19N3O3/c22-16-13(9-10-14(20-16)12-6-2-1-3-7-12)17(23)21-15-8-4-5-11-19-18(15)24/h1-3,6-7,9-10,15H,4-5,8,11H2,(H,19,24)(H,20,22)(H,21,23)/t15-/m1/s1. The van der Waals surface area contributed by atoms with Crippen molar-refractivity contribution in [1.82, 2.24) is 15.6 Å². The van der Waals surface area contributed by atoms with Gasteiger partial charge in [0.25, 0.3) is 11.5 Å². The first-order chi connectivity index (χ1) is 11.6. The molecule has 6 nitrogen and oxygen atoms in total. The van der Waals surface area contributed by atoms with Crippen molar-refractivity contribution in [2.75, 3.05) is 6.54 Å². The fraction of sp³-hybridized carbons (Fsp3) is 0.278. The minimum Gasteiger partial charge on any atom is -0.354 e. The Hall–Kier alpha value is -2.89. The van der Waals surface area contributed by atoms with Crippen LogP contribution in [0.2, 0.25) is 0 Å². The topological polar surface area (TPSA) is 91.1 Å². The number of H-pyrrole nitrogens is 1. The van der Waals surface area contributed by atoms with Crippen molar-refractivity contribution in [2.24, 2.45) is 0 Å². The van der Waals surface area contributed by atoms with E-state index >= 15 is 0 Å². The first kappa shape index (κ1) is 16.0. The number of rotatable bonds is 3. The molecule has 1 atom stereocenters. The van der Waals surface area contributed by atoms with Gasteiger partial charge in [-0.25, -0.2) is 0 Å². The highest BCUT2D eigenvalue weighted by Gasteiger charge is 2.23. The van der Waals surface area contributed by atoms with Gasteiger partial charge in [0.15, 0.2) is 0 Å². The van der Waals surface area contributed by atoms with Gasteiger partial charge in [0.1, 0.15) is 11.6 Å². The molecule has 3 rings (SSSR count). The summed E-state index contributed by atoms with van der Waals surface area (Å²) in [6, 6.07) is 12.0. The highest BCUT2D eigenvalue weighted by atomic mass is 16.2. The van der Waals surface area contributed by atoms with Crippen molar-refractivity contribution in [2.45, 2.75) is 25.3 Å². The van der Waals surface area contributed by atoms with Gasteiger partial charge in [0, 0.05) is 12.2 Å². The second kappa shape index (κ2) is 7.12. The summed E-state index contributed by atoms with van der Waals surface area (Å²) in [5, 5.41) is 5.41. The van der Waals surface area contributed by atoms with Gasteiger partial charge in [-0.1, -0.05) is 30.3 Å². The number of nitrogens with one attached hydrogen (secondary N) is 3. The smallest absolute Gasteiger partial charge is 0.261 e. The van der Waals surface area contributed by atoms with Gasteiger partial charge < -0.3 is 15.6 Å². The molecule has 2 aromatic rings. The monoisotopic (exact) mass is 325 g/mol. The van der Waals surface area contributed by atoms with Gasteiger partial charge in [-0.15, -0.1) is 0 Å². The molecular formula is C18H19N3O3. The number of pyridine rings is 1. The highest BCUT2D eigenvalue weighted by Crippen LogP contribution is 2.14. The fourth-order valence-corrected chi connectivity index (χ4v) is 2.75. The Balaban J connectivity index is 1.78. The lowest BCUT2D eigenvalue weighted by molar-refractivity contribution is -0.122. The number of carbonyl (C=O) groups is 2. The van der Waals surface area contributed by atoms with E-state index in [0.717, 1.165) is 18.4 Å². The molecule has 24 heavy (non-hydrogen) atoms. The molecular weight excluding hydrogens is 306 g/mol. The Labute approximate surface area is 139 Å². The average Bonchev–Trinajstić information content (AvgIpc) is 2.80. The maximum atomic E-state index is 12.3. The lowest BCUT2D eigenvalue weighted by Crippen LogP contribution is -2.46. The normalized spacial score (nSPS) is 17.7. The molecule has 0 radical (unpaired) electrons. The van der Waals surface area contributed by atoms with E-state index in [-0.39, 0.29) is 11.5 Å². The Kier molecular flexibility index (Phi) is 4.74. The van der Waals surface area contributed by atoms with E-state index in [2.05, 4.69) is 15.6 Å². The number of amides is 2. The van der Waals surface area contributed by atoms with E-state index in [1.165, 1.54) is 6.07 Å². The van der Waals surface area contributed by atoms with Crippen LogP contribution in [-0.2, 0) is 4.79 Å². The van der Waals surface area contributed by atoms with Crippen LogP contribution in [0.1, 0.15) is 29.6 Å². The molecule has 1 fully saturated rings. The third kappa shape index (κ3) is 3.53. The number of benzene rings is 1. The maximum Gasteiger partial charge on any atom is 0.261 e. The Bertz CT molecular complexity index is 799. The Morgan fingerprint density at radius 3 is 2.58 bits per heavy atom.